The van der Waals surface area contributed by atoms with Gasteiger partial charge in [-0.1, -0.05) is 11.6 Å². The van der Waals surface area contributed by atoms with Gasteiger partial charge in [0.2, 0.25) is 0 Å². The van der Waals surface area contributed by atoms with Crippen LogP contribution in [0.2, 0.25) is 5.02 Å². The maximum atomic E-state index is 8.92. The number of ether oxygens (including phenoxy) is 1. The van der Waals surface area contributed by atoms with Gasteiger partial charge in [-0.25, -0.2) is 0 Å². The topological polar surface area (TPSA) is 50.8 Å². The van der Waals surface area contributed by atoms with Crippen LogP contribution in [0.5, 0.6) is 5.75 Å². The molecule has 0 atom stereocenters. The number of rotatable bonds is 3. The highest BCUT2D eigenvalue weighted by atomic mass is 35.5. The molecule has 4 nitrogen and oxygen atoms in total. The molecule has 0 aliphatic carbocycles. The summed E-state index contributed by atoms with van der Waals surface area (Å²) in [6.07, 6.45) is 1.61. The average molecular weight is 262 g/mol. The van der Waals surface area contributed by atoms with Gasteiger partial charge in [-0.2, -0.15) is 10.4 Å². The van der Waals surface area contributed by atoms with Crippen molar-refractivity contribution in [3.05, 3.63) is 46.2 Å². The highest BCUT2D eigenvalue weighted by Gasteiger charge is 2.09. The van der Waals surface area contributed by atoms with E-state index in [0.29, 0.717) is 17.1 Å². The Bertz CT molecular complexity index is 613. The first-order valence-corrected chi connectivity index (χ1v) is 5.78. The summed E-state index contributed by atoms with van der Waals surface area (Å²) < 4.78 is 7.06. The van der Waals surface area contributed by atoms with Gasteiger partial charge in [-0.3, -0.25) is 4.68 Å². The van der Waals surface area contributed by atoms with E-state index in [4.69, 9.17) is 21.6 Å². The maximum absolute atomic E-state index is 8.92. The summed E-state index contributed by atoms with van der Waals surface area (Å²) in [7, 11) is 1.60. The Kier molecular flexibility index (Phi) is 3.54. The lowest BCUT2D eigenvalue weighted by molar-refractivity contribution is 0.407. The summed E-state index contributed by atoms with van der Waals surface area (Å²) in [6, 6.07) is 7.43. The fourth-order valence-electron chi connectivity index (χ4n) is 1.72. The molecule has 0 saturated carbocycles. The Hall–Kier alpha value is -1.99. The van der Waals surface area contributed by atoms with Crippen molar-refractivity contribution in [3.8, 4) is 11.8 Å². The normalized spacial score (nSPS) is 10.1. The minimum atomic E-state index is 0.525. The first-order valence-electron chi connectivity index (χ1n) is 5.40. The van der Waals surface area contributed by atoms with E-state index in [1.165, 1.54) is 0 Å². The standard InChI is InChI=1S/C13H12ClN3O/c1-9-12(14)7-16-17(9)8-11-5-10(6-15)3-4-13(11)18-2/h3-5,7H,8H2,1-2H3. The molecule has 92 valence electrons. The number of aromatic nitrogens is 2. The van der Waals surface area contributed by atoms with E-state index >= 15 is 0 Å². The summed E-state index contributed by atoms with van der Waals surface area (Å²) >= 11 is 5.96. The molecule has 1 heterocycles. The molecule has 0 fully saturated rings. The van der Waals surface area contributed by atoms with E-state index in [-0.39, 0.29) is 0 Å². The largest absolute Gasteiger partial charge is 0.496 e. The van der Waals surface area contributed by atoms with Crippen LogP contribution in [-0.4, -0.2) is 16.9 Å². The minimum Gasteiger partial charge on any atom is -0.496 e. The third kappa shape index (κ3) is 2.31. The number of nitrogens with zero attached hydrogens (tertiary/aromatic N) is 3. The zero-order valence-corrected chi connectivity index (χ0v) is 10.9. The predicted molar refractivity (Wildman–Crippen MR) is 68.8 cm³/mol. The summed E-state index contributed by atoms with van der Waals surface area (Å²) in [4.78, 5) is 0. The molecule has 0 saturated heterocycles. The predicted octanol–water partition coefficient (Wildman–Crippen LogP) is 2.77. The van der Waals surface area contributed by atoms with Crippen molar-refractivity contribution < 1.29 is 4.74 Å². The molecule has 0 aliphatic rings. The Morgan fingerprint density at radius 2 is 2.28 bits per heavy atom. The van der Waals surface area contributed by atoms with E-state index in [1.54, 1.807) is 36.2 Å². The number of benzene rings is 1. The summed E-state index contributed by atoms with van der Waals surface area (Å²) in [6.45, 7) is 2.42. The van der Waals surface area contributed by atoms with Crippen LogP contribution in [0, 0.1) is 18.3 Å². The molecular weight excluding hydrogens is 250 g/mol. The van der Waals surface area contributed by atoms with Gasteiger partial charge in [0.15, 0.2) is 0 Å². The van der Waals surface area contributed by atoms with Gasteiger partial charge in [0.05, 0.1) is 42.2 Å². The SMILES string of the molecule is COc1ccc(C#N)cc1Cn1ncc(Cl)c1C. The molecule has 0 radical (unpaired) electrons. The summed E-state index contributed by atoms with van der Waals surface area (Å²) in [5, 5.41) is 13.7. The van der Waals surface area contributed by atoms with Crippen LogP contribution in [0.1, 0.15) is 16.8 Å². The lowest BCUT2D eigenvalue weighted by Gasteiger charge is -2.10. The molecule has 1 aromatic heterocycles. The van der Waals surface area contributed by atoms with Crippen LogP contribution in [0.25, 0.3) is 0 Å². The molecule has 2 aromatic rings. The van der Waals surface area contributed by atoms with E-state index in [1.807, 2.05) is 6.92 Å². The van der Waals surface area contributed by atoms with Crippen molar-refractivity contribution in [2.24, 2.45) is 0 Å². The van der Waals surface area contributed by atoms with Crippen molar-refractivity contribution in [1.82, 2.24) is 9.78 Å². The van der Waals surface area contributed by atoms with Crippen LogP contribution in [0.4, 0.5) is 0 Å². The van der Waals surface area contributed by atoms with Gasteiger partial charge in [0.1, 0.15) is 5.75 Å². The lowest BCUT2D eigenvalue weighted by atomic mass is 10.1. The Morgan fingerprint density at radius 1 is 1.50 bits per heavy atom. The van der Waals surface area contributed by atoms with Gasteiger partial charge in [-0.05, 0) is 25.1 Å². The maximum Gasteiger partial charge on any atom is 0.124 e. The number of halogens is 1. The zero-order chi connectivity index (χ0) is 13.1. The van der Waals surface area contributed by atoms with Gasteiger partial charge in [0.25, 0.3) is 0 Å². The van der Waals surface area contributed by atoms with Crippen LogP contribution >= 0.6 is 11.6 Å². The van der Waals surface area contributed by atoms with Crippen molar-refractivity contribution in [2.45, 2.75) is 13.5 Å². The van der Waals surface area contributed by atoms with Crippen molar-refractivity contribution in [2.75, 3.05) is 7.11 Å². The first kappa shape index (κ1) is 12.5. The molecule has 1 aromatic carbocycles. The molecule has 0 N–H and O–H groups in total. The summed E-state index contributed by atoms with van der Waals surface area (Å²) in [5.41, 5.74) is 2.39. The van der Waals surface area contributed by atoms with Gasteiger partial charge >= 0.3 is 0 Å². The second-order valence-electron chi connectivity index (χ2n) is 3.87. The van der Waals surface area contributed by atoms with Gasteiger partial charge in [-0.15, -0.1) is 0 Å². The van der Waals surface area contributed by atoms with Gasteiger partial charge < -0.3 is 4.74 Å². The van der Waals surface area contributed by atoms with E-state index in [2.05, 4.69) is 11.2 Å². The molecule has 0 spiro atoms. The molecule has 18 heavy (non-hydrogen) atoms. The number of nitriles is 1. The molecule has 2 rings (SSSR count). The second-order valence-corrected chi connectivity index (χ2v) is 4.28. The summed E-state index contributed by atoms with van der Waals surface area (Å²) in [5.74, 6) is 0.736. The minimum absolute atomic E-state index is 0.525. The zero-order valence-electron chi connectivity index (χ0n) is 10.1. The van der Waals surface area contributed by atoms with Crippen LogP contribution in [0.15, 0.2) is 24.4 Å². The van der Waals surface area contributed by atoms with Crippen molar-refractivity contribution >= 4 is 11.6 Å². The first-order chi connectivity index (χ1) is 8.65. The third-order valence-electron chi connectivity index (χ3n) is 2.77. The highest BCUT2D eigenvalue weighted by Crippen LogP contribution is 2.22. The van der Waals surface area contributed by atoms with E-state index < -0.39 is 0 Å². The fraction of sp³-hybridized carbons (Fsp3) is 0.231. The monoisotopic (exact) mass is 261 g/mol. The molecule has 0 aliphatic heterocycles. The van der Waals surface area contributed by atoms with E-state index in [9.17, 15) is 0 Å². The Morgan fingerprint density at radius 3 is 2.83 bits per heavy atom. The lowest BCUT2D eigenvalue weighted by Crippen LogP contribution is -2.05. The quantitative estimate of drug-likeness (QED) is 0.854. The fourth-order valence-corrected chi connectivity index (χ4v) is 1.86. The van der Waals surface area contributed by atoms with Crippen LogP contribution in [-0.2, 0) is 6.54 Å². The average Bonchev–Trinajstić information content (AvgIpc) is 2.70. The third-order valence-corrected chi connectivity index (χ3v) is 3.14. The molecule has 0 unspecified atom stereocenters. The Labute approximate surface area is 110 Å². The van der Waals surface area contributed by atoms with E-state index in [0.717, 1.165) is 17.0 Å². The highest BCUT2D eigenvalue weighted by molar-refractivity contribution is 6.31. The molecule has 5 heteroatoms. The number of methoxy groups -OCH3 is 1. The number of hydrogen-bond donors (Lipinski definition) is 0. The molecule has 0 amide bonds. The molecule has 0 bridgehead atoms. The smallest absolute Gasteiger partial charge is 0.124 e. The van der Waals surface area contributed by atoms with Crippen LogP contribution < -0.4 is 4.74 Å². The second kappa shape index (κ2) is 5.11. The van der Waals surface area contributed by atoms with Crippen molar-refractivity contribution in [1.29, 1.82) is 5.26 Å². The van der Waals surface area contributed by atoms with Crippen molar-refractivity contribution in [3.63, 3.8) is 0 Å². The van der Waals surface area contributed by atoms with Crippen LogP contribution in [0.3, 0.4) is 0 Å². The van der Waals surface area contributed by atoms with Gasteiger partial charge in [0, 0.05) is 5.56 Å². The Balaban J connectivity index is 2.39. The number of hydrogen-bond acceptors (Lipinski definition) is 3. The molecular formula is C13H12ClN3O.